The van der Waals surface area contributed by atoms with Gasteiger partial charge in [0.2, 0.25) is 0 Å². The molecule has 2 aromatic carbocycles. The molecule has 0 aliphatic rings. The Morgan fingerprint density at radius 3 is 2.73 bits per heavy atom. The number of hydrogen-bond donors (Lipinski definition) is 0. The summed E-state index contributed by atoms with van der Waals surface area (Å²) in [5.41, 5.74) is 2.92. The van der Waals surface area contributed by atoms with Crippen LogP contribution in [0.15, 0.2) is 48.7 Å². The smallest absolute Gasteiger partial charge is 0.264 e. The van der Waals surface area contributed by atoms with E-state index in [0.717, 1.165) is 6.26 Å². The van der Waals surface area contributed by atoms with E-state index in [1.807, 2.05) is 0 Å². The monoisotopic (exact) mass is 370 g/mol. The lowest BCUT2D eigenvalue weighted by molar-refractivity contribution is 0.326. The van der Waals surface area contributed by atoms with E-state index < -0.39 is 15.9 Å². The van der Waals surface area contributed by atoms with Gasteiger partial charge in [0.25, 0.3) is 10.1 Å². The van der Waals surface area contributed by atoms with Crippen molar-refractivity contribution < 1.29 is 17.0 Å². The first kappa shape index (κ1) is 18.0. The number of nitriles is 1. The highest BCUT2D eigenvalue weighted by Crippen LogP contribution is 2.33. The van der Waals surface area contributed by atoms with Gasteiger partial charge in [-0.05, 0) is 47.9 Å². The molecule has 3 rings (SSSR count). The zero-order valence-electron chi connectivity index (χ0n) is 13.9. The molecule has 0 fully saturated rings. The Morgan fingerprint density at radius 2 is 2.04 bits per heavy atom. The zero-order chi connectivity index (χ0) is 18.7. The van der Waals surface area contributed by atoms with Gasteiger partial charge in [-0.25, -0.2) is 4.39 Å². The van der Waals surface area contributed by atoms with Crippen molar-refractivity contribution in [3.8, 4) is 17.2 Å². The highest BCUT2D eigenvalue weighted by Gasteiger charge is 2.16. The normalized spacial score (nSPS) is 11.4. The van der Waals surface area contributed by atoms with Gasteiger partial charge in [0.05, 0.1) is 30.0 Å². The Hall–Kier alpha value is -2.82. The van der Waals surface area contributed by atoms with E-state index in [0.29, 0.717) is 33.2 Å². The average molecular weight is 370 g/mol. The lowest BCUT2D eigenvalue weighted by atomic mass is 9.92. The third-order valence-corrected chi connectivity index (χ3v) is 4.47. The van der Waals surface area contributed by atoms with Crippen molar-refractivity contribution in [1.29, 1.82) is 5.26 Å². The minimum absolute atomic E-state index is 0.0790. The maximum Gasteiger partial charge on any atom is 0.264 e. The summed E-state index contributed by atoms with van der Waals surface area (Å²) in [4.78, 5) is 4.38. The molecular formula is C19H15FN2O3S. The molecule has 0 bridgehead atoms. The minimum Gasteiger partial charge on any atom is -0.270 e. The van der Waals surface area contributed by atoms with Gasteiger partial charge in [-0.15, -0.1) is 0 Å². The van der Waals surface area contributed by atoms with Gasteiger partial charge in [-0.1, -0.05) is 12.1 Å². The van der Waals surface area contributed by atoms with E-state index in [-0.39, 0.29) is 13.0 Å². The number of benzene rings is 2. The third kappa shape index (κ3) is 3.87. The summed E-state index contributed by atoms with van der Waals surface area (Å²) in [6.45, 7) is -0.0790. The average Bonchev–Trinajstić information content (AvgIpc) is 2.59. The number of rotatable bonds is 5. The fourth-order valence-corrected chi connectivity index (χ4v) is 3.24. The summed E-state index contributed by atoms with van der Waals surface area (Å²) in [5.74, 6) is -0.394. The van der Waals surface area contributed by atoms with E-state index in [1.54, 1.807) is 36.5 Å². The van der Waals surface area contributed by atoms with Gasteiger partial charge in [-0.2, -0.15) is 13.7 Å². The van der Waals surface area contributed by atoms with Crippen molar-refractivity contribution in [3.63, 3.8) is 0 Å². The first-order valence-electron chi connectivity index (χ1n) is 7.80. The summed E-state index contributed by atoms with van der Waals surface area (Å²) < 4.78 is 41.0. The van der Waals surface area contributed by atoms with Crippen molar-refractivity contribution >= 4 is 21.0 Å². The van der Waals surface area contributed by atoms with Gasteiger partial charge in [-0.3, -0.25) is 9.17 Å². The first-order valence-corrected chi connectivity index (χ1v) is 9.62. The van der Waals surface area contributed by atoms with E-state index in [9.17, 15) is 18.1 Å². The van der Waals surface area contributed by atoms with Gasteiger partial charge in [0, 0.05) is 17.1 Å². The number of halogens is 1. The van der Waals surface area contributed by atoms with Crippen LogP contribution in [0.25, 0.3) is 22.0 Å². The molecule has 0 unspecified atom stereocenters. The van der Waals surface area contributed by atoms with Crippen LogP contribution in [0.5, 0.6) is 0 Å². The maximum atomic E-state index is 13.8. The summed E-state index contributed by atoms with van der Waals surface area (Å²) in [7, 11) is -3.58. The summed E-state index contributed by atoms with van der Waals surface area (Å²) in [5, 5.41) is 10.1. The van der Waals surface area contributed by atoms with Crippen molar-refractivity contribution in [2.75, 3.05) is 12.9 Å². The number of aromatic nitrogens is 1. The molecule has 26 heavy (non-hydrogen) atoms. The molecular weight excluding hydrogens is 355 g/mol. The van der Waals surface area contributed by atoms with E-state index >= 15 is 0 Å². The highest BCUT2D eigenvalue weighted by molar-refractivity contribution is 7.85. The molecule has 0 N–H and O–H groups in total. The number of nitrogens with zero attached hydrogens (tertiary/aromatic N) is 2. The second-order valence-corrected chi connectivity index (χ2v) is 7.40. The maximum absolute atomic E-state index is 13.8. The Bertz CT molecular complexity index is 1120. The number of pyridine rings is 1. The zero-order valence-corrected chi connectivity index (χ0v) is 14.8. The van der Waals surface area contributed by atoms with Crippen LogP contribution in [0.4, 0.5) is 4.39 Å². The van der Waals surface area contributed by atoms with Gasteiger partial charge in [0.15, 0.2) is 0 Å². The van der Waals surface area contributed by atoms with Crippen LogP contribution in [0, 0.1) is 17.1 Å². The van der Waals surface area contributed by atoms with Crippen LogP contribution >= 0.6 is 0 Å². The van der Waals surface area contributed by atoms with Gasteiger partial charge < -0.3 is 0 Å². The van der Waals surface area contributed by atoms with Crippen LogP contribution in [0.2, 0.25) is 0 Å². The number of fused-ring (bicyclic) bond motifs is 1. The molecule has 3 aromatic rings. The Kier molecular flexibility index (Phi) is 4.98. The highest BCUT2D eigenvalue weighted by atomic mass is 32.2. The van der Waals surface area contributed by atoms with Crippen LogP contribution < -0.4 is 0 Å². The lowest BCUT2D eigenvalue weighted by Crippen LogP contribution is -2.07. The molecule has 0 aliphatic carbocycles. The predicted octanol–water partition coefficient (Wildman–Crippen LogP) is 3.43. The largest absolute Gasteiger partial charge is 0.270 e. The Labute approximate surface area is 150 Å². The Morgan fingerprint density at radius 1 is 1.23 bits per heavy atom. The second-order valence-electron chi connectivity index (χ2n) is 5.76. The molecule has 0 aliphatic heterocycles. The van der Waals surface area contributed by atoms with Crippen LogP contribution in [-0.2, 0) is 20.7 Å². The SMILES string of the molecule is CS(=O)(=O)OCCc1cc(C#N)c2cccnc2c1-c1cccc(F)c1. The first-order chi connectivity index (χ1) is 12.4. The molecule has 0 atom stereocenters. The van der Waals surface area contributed by atoms with E-state index in [4.69, 9.17) is 4.18 Å². The topological polar surface area (TPSA) is 80.0 Å². The summed E-state index contributed by atoms with van der Waals surface area (Å²) in [6, 6.07) is 13.4. The molecule has 0 amide bonds. The molecule has 132 valence electrons. The standard InChI is InChI=1S/C19H15FN2O3S/c1-26(23,24)25-9-7-14-10-15(12-21)17-6-3-8-22-19(17)18(14)13-4-2-5-16(20)11-13/h2-6,8,10-11H,7,9H2,1H3. The third-order valence-electron chi connectivity index (χ3n) is 3.88. The lowest BCUT2D eigenvalue weighted by Gasteiger charge is -2.14. The quantitative estimate of drug-likeness (QED) is 0.643. The number of hydrogen-bond acceptors (Lipinski definition) is 5. The van der Waals surface area contributed by atoms with Crippen LogP contribution in [0.1, 0.15) is 11.1 Å². The second kappa shape index (κ2) is 7.20. The molecule has 5 nitrogen and oxygen atoms in total. The van der Waals surface area contributed by atoms with Crippen LogP contribution in [0.3, 0.4) is 0 Å². The fraction of sp³-hybridized carbons (Fsp3) is 0.158. The fourth-order valence-electron chi connectivity index (χ4n) is 2.86. The van der Waals surface area contributed by atoms with Crippen molar-refractivity contribution in [2.45, 2.75) is 6.42 Å². The Balaban J connectivity index is 2.21. The van der Waals surface area contributed by atoms with Gasteiger partial charge >= 0.3 is 0 Å². The molecule has 0 spiro atoms. The summed E-state index contributed by atoms with van der Waals surface area (Å²) in [6.07, 6.45) is 2.81. The predicted molar refractivity (Wildman–Crippen MR) is 96.4 cm³/mol. The van der Waals surface area contributed by atoms with Crippen molar-refractivity contribution in [2.24, 2.45) is 0 Å². The molecule has 0 saturated heterocycles. The van der Waals surface area contributed by atoms with Crippen molar-refractivity contribution in [1.82, 2.24) is 4.98 Å². The molecule has 1 aromatic heterocycles. The van der Waals surface area contributed by atoms with Crippen LogP contribution in [-0.4, -0.2) is 26.3 Å². The molecule has 1 heterocycles. The molecule has 0 radical (unpaired) electrons. The van der Waals surface area contributed by atoms with E-state index in [1.165, 1.54) is 12.1 Å². The molecule has 0 saturated carbocycles. The van der Waals surface area contributed by atoms with E-state index in [2.05, 4.69) is 11.1 Å². The van der Waals surface area contributed by atoms with Gasteiger partial charge in [0.1, 0.15) is 5.82 Å². The minimum atomic E-state index is -3.58. The summed E-state index contributed by atoms with van der Waals surface area (Å²) >= 11 is 0. The molecule has 7 heteroatoms. The van der Waals surface area contributed by atoms with Crippen molar-refractivity contribution in [3.05, 3.63) is 65.6 Å².